The van der Waals surface area contributed by atoms with Crippen LogP contribution in [-0.4, -0.2) is 52.9 Å². The zero-order valence-corrected chi connectivity index (χ0v) is 19.7. The summed E-state index contributed by atoms with van der Waals surface area (Å²) in [5, 5.41) is 13.1. The third kappa shape index (κ3) is 5.99. The molecular weight excluding hydrogens is 504 g/mol. The highest BCUT2D eigenvalue weighted by molar-refractivity contribution is 14.0. The largest absolute Gasteiger partial charge is 0.357 e. The Morgan fingerprint density at radius 2 is 2.07 bits per heavy atom. The molecule has 1 aliphatic heterocycles. The van der Waals surface area contributed by atoms with Crippen LogP contribution >= 0.6 is 35.5 Å². The van der Waals surface area contributed by atoms with Gasteiger partial charge in [0.2, 0.25) is 5.13 Å². The first-order valence-corrected chi connectivity index (χ1v) is 10.2. The van der Waals surface area contributed by atoms with Gasteiger partial charge >= 0.3 is 0 Å². The topological polar surface area (TPSA) is 80.4 Å². The second-order valence-corrected chi connectivity index (χ2v) is 7.14. The maximum atomic E-state index is 14.1. The van der Waals surface area contributed by atoms with E-state index in [1.165, 1.54) is 17.6 Å². The molecule has 1 N–H and O–H groups in total. The predicted octanol–water partition coefficient (Wildman–Crippen LogP) is 3.02. The van der Waals surface area contributed by atoms with E-state index in [2.05, 4.69) is 36.4 Å². The molecule has 1 aromatic heterocycles. The Bertz CT molecular complexity index is 872. The number of aromatic nitrogens is 2. The van der Waals surface area contributed by atoms with Crippen LogP contribution in [0.4, 0.5) is 9.52 Å². The lowest BCUT2D eigenvalue weighted by Gasteiger charge is -2.36. The zero-order valence-electron chi connectivity index (χ0n) is 16.6. The molecular formula is C19H25FIN7S. The molecule has 2 aromatic rings. The van der Waals surface area contributed by atoms with Gasteiger partial charge in [0.1, 0.15) is 11.6 Å². The molecule has 0 saturated carbocycles. The van der Waals surface area contributed by atoms with Crippen LogP contribution in [-0.2, 0) is 13.0 Å². The zero-order chi connectivity index (χ0) is 19.9. The molecule has 1 aromatic carbocycles. The lowest BCUT2D eigenvalue weighted by atomic mass is 10.1. The molecule has 156 valence electrons. The molecule has 1 aliphatic rings. The van der Waals surface area contributed by atoms with Crippen molar-refractivity contribution in [1.29, 1.82) is 5.26 Å². The van der Waals surface area contributed by atoms with Gasteiger partial charge in [-0.25, -0.2) is 14.4 Å². The van der Waals surface area contributed by atoms with Crippen molar-refractivity contribution >= 4 is 46.6 Å². The second-order valence-electron chi connectivity index (χ2n) is 6.41. The Balaban J connectivity index is 0.00000300. The number of aryl methyl sites for hydroxylation is 1. The maximum absolute atomic E-state index is 14.1. The van der Waals surface area contributed by atoms with E-state index in [0.29, 0.717) is 11.1 Å². The molecule has 2 heterocycles. The monoisotopic (exact) mass is 529 g/mol. The molecule has 7 nitrogen and oxygen atoms in total. The summed E-state index contributed by atoms with van der Waals surface area (Å²) in [6.07, 6.45) is 0.847. The number of nitrogens with one attached hydrogen (secondary N) is 1. The van der Waals surface area contributed by atoms with Gasteiger partial charge in [-0.1, -0.05) is 13.0 Å². The fourth-order valence-electron chi connectivity index (χ4n) is 2.96. The normalized spacial score (nSPS) is 14.3. The minimum absolute atomic E-state index is 0. The van der Waals surface area contributed by atoms with Gasteiger partial charge in [-0.3, -0.25) is 0 Å². The third-order valence-corrected chi connectivity index (χ3v) is 5.35. The fourth-order valence-corrected chi connectivity index (χ4v) is 3.76. The van der Waals surface area contributed by atoms with Gasteiger partial charge in [0.15, 0.2) is 5.96 Å². The summed E-state index contributed by atoms with van der Waals surface area (Å²) in [7, 11) is 0. The number of nitriles is 1. The lowest BCUT2D eigenvalue weighted by molar-refractivity contribution is 0.372. The smallest absolute Gasteiger partial charge is 0.205 e. The van der Waals surface area contributed by atoms with Crippen molar-refractivity contribution in [3.8, 4) is 6.07 Å². The van der Waals surface area contributed by atoms with E-state index >= 15 is 0 Å². The van der Waals surface area contributed by atoms with Crippen molar-refractivity contribution in [2.75, 3.05) is 37.6 Å². The summed E-state index contributed by atoms with van der Waals surface area (Å²) in [6.45, 7) is 8.34. The van der Waals surface area contributed by atoms with Gasteiger partial charge in [0.25, 0.3) is 0 Å². The van der Waals surface area contributed by atoms with Crippen molar-refractivity contribution in [2.24, 2.45) is 4.99 Å². The molecule has 3 rings (SSSR count). The molecule has 0 aliphatic carbocycles. The molecule has 0 radical (unpaired) electrons. The molecule has 0 atom stereocenters. The summed E-state index contributed by atoms with van der Waals surface area (Å²) in [5.41, 5.74) is 0.796. The molecule has 0 bridgehead atoms. The Morgan fingerprint density at radius 3 is 2.66 bits per heavy atom. The molecule has 0 unspecified atom stereocenters. The number of guanidine groups is 1. The minimum Gasteiger partial charge on any atom is -0.357 e. The number of benzene rings is 1. The Labute approximate surface area is 191 Å². The minimum atomic E-state index is -0.397. The standard InChI is InChI=1S/C19H24FN7S.HI/c1-3-17-24-19(28-25-17)27-9-7-26(8-10-27)18(22-4-2)23-13-15-6-5-14(12-21)11-16(15)20;/h5-6,11H,3-4,7-10,13H2,1-2H3,(H,22,23);1H. The van der Waals surface area contributed by atoms with Crippen LogP contribution in [0, 0.1) is 17.1 Å². The Kier molecular flexibility index (Phi) is 9.03. The summed E-state index contributed by atoms with van der Waals surface area (Å²) in [5.74, 6) is 1.27. The highest BCUT2D eigenvalue weighted by atomic mass is 127. The van der Waals surface area contributed by atoms with Gasteiger partial charge < -0.3 is 15.1 Å². The van der Waals surface area contributed by atoms with Gasteiger partial charge in [-0.2, -0.15) is 9.64 Å². The van der Waals surface area contributed by atoms with E-state index < -0.39 is 5.82 Å². The van der Waals surface area contributed by atoms with Crippen LogP contribution < -0.4 is 10.2 Å². The molecule has 1 saturated heterocycles. The van der Waals surface area contributed by atoms with E-state index in [1.807, 2.05) is 13.0 Å². The first-order valence-electron chi connectivity index (χ1n) is 9.43. The third-order valence-electron chi connectivity index (χ3n) is 4.54. The van der Waals surface area contributed by atoms with Crippen molar-refractivity contribution in [2.45, 2.75) is 26.8 Å². The number of halogens is 2. The SMILES string of the molecule is CCNC(=NCc1ccc(C#N)cc1F)N1CCN(c2nc(CC)ns2)CC1.I. The summed E-state index contributed by atoms with van der Waals surface area (Å²) in [4.78, 5) is 13.6. The van der Waals surface area contributed by atoms with E-state index in [-0.39, 0.29) is 30.5 Å². The van der Waals surface area contributed by atoms with Crippen molar-refractivity contribution in [1.82, 2.24) is 19.6 Å². The van der Waals surface area contributed by atoms with Crippen molar-refractivity contribution < 1.29 is 4.39 Å². The number of hydrogen-bond acceptors (Lipinski definition) is 6. The van der Waals surface area contributed by atoms with Crippen LogP contribution in [0.15, 0.2) is 23.2 Å². The van der Waals surface area contributed by atoms with Crippen LogP contribution in [0.1, 0.15) is 30.8 Å². The lowest BCUT2D eigenvalue weighted by Crippen LogP contribution is -2.52. The van der Waals surface area contributed by atoms with Crippen LogP contribution in [0.3, 0.4) is 0 Å². The first-order chi connectivity index (χ1) is 13.6. The predicted molar refractivity (Wildman–Crippen MR) is 124 cm³/mol. The average molecular weight is 529 g/mol. The molecule has 10 heteroatoms. The summed E-state index contributed by atoms with van der Waals surface area (Å²) >= 11 is 1.45. The molecule has 0 spiro atoms. The number of anilines is 1. The Morgan fingerprint density at radius 1 is 1.31 bits per heavy atom. The first kappa shape index (κ1) is 23.3. The highest BCUT2D eigenvalue weighted by Crippen LogP contribution is 2.19. The van der Waals surface area contributed by atoms with Gasteiger partial charge in [0.05, 0.1) is 18.2 Å². The van der Waals surface area contributed by atoms with Crippen molar-refractivity contribution in [3.63, 3.8) is 0 Å². The second kappa shape index (κ2) is 11.3. The van der Waals surface area contributed by atoms with Crippen molar-refractivity contribution in [3.05, 3.63) is 41.0 Å². The summed E-state index contributed by atoms with van der Waals surface area (Å²) in [6, 6.07) is 6.44. The number of aliphatic imine (C=N–C) groups is 1. The fraction of sp³-hybridized carbons (Fsp3) is 0.474. The van der Waals surface area contributed by atoms with E-state index in [0.717, 1.165) is 56.1 Å². The number of piperazine rings is 1. The summed E-state index contributed by atoms with van der Waals surface area (Å²) < 4.78 is 18.5. The Hall–Kier alpha value is -2.00. The number of rotatable bonds is 5. The molecule has 0 amide bonds. The van der Waals surface area contributed by atoms with Gasteiger partial charge in [-0.05, 0) is 19.1 Å². The quantitative estimate of drug-likeness (QED) is 0.365. The number of hydrogen-bond donors (Lipinski definition) is 1. The average Bonchev–Trinajstić information content (AvgIpc) is 3.21. The van der Waals surface area contributed by atoms with Crippen LogP contribution in [0.5, 0.6) is 0 Å². The highest BCUT2D eigenvalue weighted by Gasteiger charge is 2.22. The van der Waals surface area contributed by atoms with E-state index in [4.69, 9.17) is 5.26 Å². The van der Waals surface area contributed by atoms with E-state index in [9.17, 15) is 4.39 Å². The van der Waals surface area contributed by atoms with Gasteiger partial charge in [-0.15, -0.1) is 24.0 Å². The molecule has 29 heavy (non-hydrogen) atoms. The van der Waals surface area contributed by atoms with Crippen LogP contribution in [0.2, 0.25) is 0 Å². The maximum Gasteiger partial charge on any atom is 0.205 e. The van der Waals surface area contributed by atoms with E-state index in [1.54, 1.807) is 12.1 Å². The van der Waals surface area contributed by atoms with Gasteiger partial charge in [0, 0.05) is 56.2 Å². The molecule has 1 fully saturated rings. The number of nitrogens with zero attached hydrogens (tertiary/aromatic N) is 6. The van der Waals surface area contributed by atoms with Crippen LogP contribution in [0.25, 0.3) is 0 Å².